The van der Waals surface area contributed by atoms with Crippen molar-refractivity contribution in [2.24, 2.45) is 5.73 Å². The largest absolute Gasteiger partial charge is 0.376 e. The molecule has 0 unspecified atom stereocenters. The molecular formula is C13H15N5S. The number of aryl methyl sites for hydroxylation is 2. The van der Waals surface area contributed by atoms with E-state index in [1.165, 1.54) is 0 Å². The van der Waals surface area contributed by atoms with Crippen LogP contribution in [-0.2, 0) is 0 Å². The lowest BCUT2D eigenvalue weighted by atomic mass is 10.3. The fourth-order valence-corrected chi connectivity index (χ4v) is 1.81. The second-order valence-electron chi connectivity index (χ2n) is 4.17. The van der Waals surface area contributed by atoms with E-state index >= 15 is 0 Å². The summed E-state index contributed by atoms with van der Waals surface area (Å²) in [6.07, 6.45) is 0. The Balaban J connectivity index is 2.12. The molecule has 0 saturated carbocycles. The third-order valence-corrected chi connectivity index (χ3v) is 2.49. The van der Waals surface area contributed by atoms with Crippen LogP contribution in [-0.4, -0.2) is 15.1 Å². The maximum atomic E-state index is 5.40. The van der Waals surface area contributed by atoms with Crippen molar-refractivity contribution >= 4 is 34.7 Å². The summed E-state index contributed by atoms with van der Waals surface area (Å²) in [5.74, 6) is 0.590. The van der Waals surface area contributed by atoms with E-state index in [0.29, 0.717) is 5.95 Å². The highest BCUT2D eigenvalue weighted by Gasteiger charge is 2.00. The number of nitrogens with zero attached hydrogens (tertiary/aromatic N) is 2. The van der Waals surface area contributed by atoms with Gasteiger partial charge in [0.25, 0.3) is 0 Å². The van der Waals surface area contributed by atoms with Crippen molar-refractivity contribution in [3.05, 3.63) is 41.7 Å². The Hall–Kier alpha value is -2.21. The van der Waals surface area contributed by atoms with Gasteiger partial charge in [0.15, 0.2) is 5.11 Å². The highest BCUT2D eigenvalue weighted by atomic mass is 32.1. The molecule has 0 aliphatic rings. The fourth-order valence-electron chi connectivity index (χ4n) is 1.69. The van der Waals surface area contributed by atoms with E-state index in [1.807, 2.05) is 44.2 Å². The van der Waals surface area contributed by atoms with Crippen LogP contribution in [0.15, 0.2) is 30.3 Å². The number of nitrogens with two attached hydrogens (primary N) is 1. The van der Waals surface area contributed by atoms with Gasteiger partial charge in [-0.2, -0.15) is 0 Å². The first kappa shape index (κ1) is 13.2. The summed E-state index contributed by atoms with van der Waals surface area (Å²) in [4.78, 5) is 8.64. The van der Waals surface area contributed by atoms with Crippen LogP contribution >= 0.6 is 12.2 Å². The lowest BCUT2D eigenvalue weighted by molar-refractivity contribution is 1.06. The molecule has 1 heterocycles. The van der Waals surface area contributed by atoms with E-state index in [-0.39, 0.29) is 5.11 Å². The molecule has 6 heteroatoms. The molecule has 2 aromatic rings. The second-order valence-corrected chi connectivity index (χ2v) is 4.61. The standard InChI is InChI=1S/C13H15N5S/c1-8-7-9(2)16-13(15-8)18-11-5-3-10(4-6-11)17-12(14)19/h3-7H,1-2H3,(H3,14,17,19)(H,15,16,18). The monoisotopic (exact) mass is 273 g/mol. The first-order valence-corrected chi connectivity index (χ1v) is 6.19. The van der Waals surface area contributed by atoms with Crippen LogP contribution in [0, 0.1) is 13.8 Å². The number of anilines is 3. The fraction of sp³-hybridized carbons (Fsp3) is 0.154. The van der Waals surface area contributed by atoms with Crippen LogP contribution in [0.3, 0.4) is 0 Å². The predicted molar refractivity (Wildman–Crippen MR) is 81.6 cm³/mol. The number of thiocarbonyl (C=S) groups is 1. The maximum Gasteiger partial charge on any atom is 0.227 e. The van der Waals surface area contributed by atoms with Crippen LogP contribution in [0.2, 0.25) is 0 Å². The van der Waals surface area contributed by atoms with E-state index < -0.39 is 0 Å². The minimum atomic E-state index is 0.248. The zero-order valence-electron chi connectivity index (χ0n) is 10.8. The molecule has 0 aliphatic heterocycles. The van der Waals surface area contributed by atoms with E-state index in [1.54, 1.807) is 0 Å². The number of nitrogens with one attached hydrogen (secondary N) is 2. The molecule has 98 valence electrons. The van der Waals surface area contributed by atoms with Crippen molar-refractivity contribution in [3.63, 3.8) is 0 Å². The van der Waals surface area contributed by atoms with Gasteiger partial charge >= 0.3 is 0 Å². The van der Waals surface area contributed by atoms with Crippen molar-refractivity contribution in [2.75, 3.05) is 10.6 Å². The zero-order valence-corrected chi connectivity index (χ0v) is 11.6. The van der Waals surface area contributed by atoms with Gasteiger partial charge in [-0.05, 0) is 56.4 Å². The van der Waals surface area contributed by atoms with Crippen molar-refractivity contribution in [1.82, 2.24) is 9.97 Å². The second kappa shape index (κ2) is 5.62. The third kappa shape index (κ3) is 3.89. The van der Waals surface area contributed by atoms with Crippen LogP contribution < -0.4 is 16.4 Å². The molecule has 1 aromatic heterocycles. The van der Waals surface area contributed by atoms with Crippen molar-refractivity contribution in [1.29, 1.82) is 0 Å². The SMILES string of the molecule is Cc1cc(C)nc(Nc2ccc(NC(N)=S)cc2)n1. The predicted octanol–water partition coefficient (Wildman–Crippen LogP) is 2.49. The van der Waals surface area contributed by atoms with E-state index in [2.05, 4.69) is 20.6 Å². The summed E-state index contributed by atoms with van der Waals surface area (Å²) in [5, 5.41) is 6.26. The maximum absolute atomic E-state index is 5.40. The first-order valence-electron chi connectivity index (χ1n) is 5.79. The summed E-state index contributed by atoms with van der Waals surface area (Å²) < 4.78 is 0. The van der Waals surface area contributed by atoms with Gasteiger partial charge in [0.2, 0.25) is 5.95 Å². The van der Waals surface area contributed by atoms with Gasteiger partial charge in [0.1, 0.15) is 0 Å². The lowest BCUT2D eigenvalue weighted by Crippen LogP contribution is -2.18. The smallest absolute Gasteiger partial charge is 0.227 e. The summed E-state index contributed by atoms with van der Waals surface area (Å²) in [6.45, 7) is 3.88. The van der Waals surface area contributed by atoms with Gasteiger partial charge in [-0.15, -0.1) is 0 Å². The summed E-state index contributed by atoms with van der Waals surface area (Å²) in [7, 11) is 0. The molecule has 5 nitrogen and oxygen atoms in total. The van der Waals surface area contributed by atoms with Crippen molar-refractivity contribution in [2.45, 2.75) is 13.8 Å². The molecule has 0 radical (unpaired) electrons. The molecule has 1 aromatic carbocycles. The van der Waals surface area contributed by atoms with Crippen LogP contribution in [0.1, 0.15) is 11.4 Å². The Labute approximate surface area is 117 Å². The molecule has 2 rings (SSSR count). The molecule has 0 aliphatic carbocycles. The Bertz CT molecular complexity index is 574. The number of hydrogen-bond donors (Lipinski definition) is 3. The van der Waals surface area contributed by atoms with Gasteiger partial charge < -0.3 is 16.4 Å². The Morgan fingerprint density at radius 2 is 1.58 bits per heavy atom. The minimum Gasteiger partial charge on any atom is -0.376 e. The van der Waals surface area contributed by atoms with Gasteiger partial charge in [-0.3, -0.25) is 0 Å². The molecule has 0 fully saturated rings. The van der Waals surface area contributed by atoms with Gasteiger partial charge in [-0.1, -0.05) is 0 Å². The van der Waals surface area contributed by atoms with Gasteiger partial charge in [-0.25, -0.2) is 9.97 Å². The quantitative estimate of drug-likeness (QED) is 0.746. The Morgan fingerprint density at radius 3 is 2.11 bits per heavy atom. The van der Waals surface area contributed by atoms with Crippen LogP contribution in [0.25, 0.3) is 0 Å². The van der Waals surface area contributed by atoms with E-state index in [9.17, 15) is 0 Å². The Kier molecular flexibility index (Phi) is 3.91. The summed E-state index contributed by atoms with van der Waals surface area (Å²) in [6, 6.07) is 9.50. The third-order valence-electron chi connectivity index (χ3n) is 2.39. The number of hydrogen-bond acceptors (Lipinski definition) is 4. The van der Waals surface area contributed by atoms with Crippen LogP contribution in [0.4, 0.5) is 17.3 Å². The molecule has 4 N–H and O–H groups in total. The Morgan fingerprint density at radius 1 is 1.05 bits per heavy atom. The highest BCUT2D eigenvalue weighted by Crippen LogP contribution is 2.17. The average molecular weight is 273 g/mol. The van der Waals surface area contributed by atoms with Crippen molar-refractivity contribution < 1.29 is 0 Å². The topological polar surface area (TPSA) is 75.9 Å². The molecule has 0 atom stereocenters. The molecule has 0 spiro atoms. The van der Waals surface area contributed by atoms with E-state index in [4.69, 9.17) is 18.0 Å². The summed E-state index contributed by atoms with van der Waals surface area (Å²) in [5.41, 5.74) is 9.02. The number of rotatable bonds is 3. The molecule has 0 amide bonds. The molecule has 0 bridgehead atoms. The first-order chi connectivity index (χ1) is 9.02. The molecule has 19 heavy (non-hydrogen) atoms. The number of aromatic nitrogens is 2. The van der Waals surface area contributed by atoms with E-state index in [0.717, 1.165) is 22.8 Å². The average Bonchev–Trinajstić information content (AvgIpc) is 2.29. The molecular weight excluding hydrogens is 258 g/mol. The minimum absolute atomic E-state index is 0.248. The lowest BCUT2D eigenvalue weighted by Gasteiger charge is -2.08. The number of benzene rings is 1. The van der Waals surface area contributed by atoms with Gasteiger partial charge in [0, 0.05) is 22.8 Å². The zero-order chi connectivity index (χ0) is 13.8. The highest BCUT2D eigenvalue weighted by molar-refractivity contribution is 7.80. The normalized spacial score (nSPS) is 10.0. The van der Waals surface area contributed by atoms with Gasteiger partial charge in [0.05, 0.1) is 0 Å². The summed E-state index contributed by atoms with van der Waals surface area (Å²) >= 11 is 4.78. The van der Waals surface area contributed by atoms with Crippen LogP contribution in [0.5, 0.6) is 0 Å². The van der Waals surface area contributed by atoms with Crippen molar-refractivity contribution in [3.8, 4) is 0 Å². The molecule has 0 saturated heterocycles.